The first-order chi connectivity index (χ1) is 17.9. The largest absolute Gasteiger partial charge is 0.349 e. The summed E-state index contributed by atoms with van der Waals surface area (Å²) in [7, 11) is 0. The molecule has 8 saturated carbocycles. The summed E-state index contributed by atoms with van der Waals surface area (Å²) in [4.78, 5) is 34.4. The van der Waals surface area contributed by atoms with Crippen LogP contribution < -0.4 is 15.5 Å². The van der Waals surface area contributed by atoms with Gasteiger partial charge < -0.3 is 15.5 Å². The van der Waals surface area contributed by atoms with E-state index < -0.39 is 0 Å². The van der Waals surface area contributed by atoms with E-state index in [1.807, 2.05) is 12.1 Å². The number of amides is 2. The lowest BCUT2D eigenvalue weighted by molar-refractivity contribution is -0.128. The van der Waals surface area contributed by atoms with E-state index in [-0.39, 0.29) is 35.0 Å². The number of hydrogen-bond acceptors (Lipinski definition) is 4. The highest BCUT2D eigenvalue weighted by molar-refractivity contribution is 5.93. The third-order valence-corrected chi connectivity index (χ3v) is 11.8. The zero-order valence-electron chi connectivity index (χ0n) is 22.0. The van der Waals surface area contributed by atoms with Crippen LogP contribution in [0.4, 0.5) is 5.69 Å². The Morgan fingerprint density at radius 1 is 0.649 bits per heavy atom. The molecule has 1 saturated heterocycles. The second kappa shape index (κ2) is 8.19. The molecule has 2 N–H and O–H groups in total. The van der Waals surface area contributed by atoms with Gasteiger partial charge in [0.1, 0.15) is 12.1 Å². The van der Waals surface area contributed by atoms with E-state index in [1.165, 1.54) is 38.5 Å². The summed E-state index contributed by atoms with van der Waals surface area (Å²) in [5, 5.41) is 7.25. The van der Waals surface area contributed by atoms with Crippen LogP contribution in [0, 0.1) is 35.5 Å². The van der Waals surface area contributed by atoms with Crippen LogP contribution in [0.5, 0.6) is 0 Å². The van der Waals surface area contributed by atoms with E-state index in [1.54, 1.807) is 12.4 Å². The van der Waals surface area contributed by atoms with Gasteiger partial charge in [-0.3, -0.25) is 14.6 Å². The van der Waals surface area contributed by atoms with E-state index in [0.29, 0.717) is 0 Å². The zero-order valence-corrected chi connectivity index (χ0v) is 22.0. The average Bonchev–Trinajstić information content (AvgIpc) is 3.28. The monoisotopic (exact) mass is 502 g/mol. The van der Waals surface area contributed by atoms with Gasteiger partial charge in [-0.2, -0.15) is 0 Å². The van der Waals surface area contributed by atoms with Crippen molar-refractivity contribution in [2.24, 2.45) is 35.5 Å². The third kappa shape index (κ3) is 3.83. The lowest BCUT2D eigenvalue weighted by atomic mass is 9.53. The molecule has 9 aliphatic rings. The molecular weight excluding hydrogens is 460 g/mol. The number of hydrogen-bond donors (Lipinski definition) is 2. The number of rotatable bonds is 5. The van der Waals surface area contributed by atoms with Crippen molar-refractivity contribution in [3.63, 3.8) is 0 Å². The molecule has 6 heteroatoms. The summed E-state index contributed by atoms with van der Waals surface area (Å²) < 4.78 is 0. The Morgan fingerprint density at radius 2 is 1.00 bits per heavy atom. The Kier molecular flexibility index (Phi) is 5.06. The maximum Gasteiger partial charge on any atom is 0.243 e. The molecule has 6 nitrogen and oxygen atoms in total. The average molecular weight is 503 g/mol. The molecule has 8 aliphatic carbocycles. The molecule has 37 heavy (non-hydrogen) atoms. The molecule has 2 atom stereocenters. The summed E-state index contributed by atoms with van der Waals surface area (Å²) in [5.41, 5.74) is 0.939. The highest BCUT2D eigenvalue weighted by atomic mass is 16.2. The summed E-state index contributed by atoms with van der Waals surface area (Å²) >= 11 is 0. The molecule has 0 aromatic carbocycles. The van der Waals surface area contributed by atoms with Crippen LogP contribution in [0.3, 0.4) is 0 Å². The van der Waals surface area contributed by atoms with Crippen molar-refractivity contribution in [1.29, 1.82) is 0 Å². The number of nitrogens with zero attached hydrogens (tertiary/aromatic N) is 2. The van der Waals surface area contributed by atoms with Crippen molar-refractivity contribution in [1.82, 2.24) is 15.6 Å². The van der Waals surface area contributed by atoms with E-state index in [4.69, 9.17) is 0 Å². The summed E-state index contributed by atoms with van der Waals surface area (Å²) in [6, 6.07) is 3.37. The van der Waals surface area contributed by atoms with Gasteiger partial charge in [-0.25, -0.2) is 0 Å². The van der Waals surface area contributed by atoms with Gasteiger partial charge in [-0.1, -0.05) is 0 Å². The van der Waals surface area contributed by atoms with E-state index in [9.17, 15) is 9.59 Å². The molecule has 10 rings (SSSR count). The minimum Gasteiger partial charge on any atom is -0.349 e. The predicted octanol–water partition coefficient (Wildman–Crippen LogP) is 4.59. The Balaban J connectivity index is 1.03. The number of carbonyl (C=O) groups is 2. The molecule has 0 spiro atoms. The second-order valence-electron chi connectivity index (χ2n) is 14.6. The second-order valence-corrected chi connectivity index (χ2v) is 14.6. The summed E-state index contributed by atoms with van der Waals surface area (Å²) in [6.45, 7) is 0. The lowest BCUT2D eigenvalue weighted by Gasteiger charge is -2.57. The minimum atomic E-state index is -0.289. The fourth-order valence-corrected chi connectivity index (χ4v) is 11.4. The van der Waals surface area contributed by atoms with Crippen LogP contribution in [0.25, 0.3) is 0 Å². The third-order valence-electron chi connectivity index (χ3n) is 11.8. The van der Waals surface area contributed by atoms with Crippen molar-refractivity contribution >= 4 is 17.5 Å². The van der Waals surface area contributed by atoms with Gasteiger partial charge in [0.15, 0.2) is 0 Å². The topological polar surface area (TPSA) is 74.3 Å². The van der Waals surface area contributed by atoms with Crippen molar-refractivity contribution in [3.8, 4) is 0 Å². The highest BCUT2D eigenvalue weighted by Gasteiger charge is 2.55. The zero-order chi connectivity index (χ0) is 24.8. The van der Waals surface area contributed by atoms with E-state index in [2.05, 4.69) is 20.5 Å². The first-order valence-electron chi connectivity index (χ1n) is 15.3. The predicted molar refractivity (Wildman–Crippen MR) is 142 cm³/mol. The smallest absolute Gasteiger partial charge is 0.243 e. The number of nitrogens with one attached hydrogen (secondary N) is 2. The van der Waals surface area contributed by atoms with Gasteiger partial charge in [0.05, 0.1) is 0 Å². The first-order valence-corrected chi connectivity index (χ1v) is 15.3. The molecule has 1 aromatic heterocycles. The Morgan fingerprint density at radius 3 is 1.35 bits per heavy atom. The molecule has 1 aliphatic heterocycles. The number of anilines is 1. The van der Waals surface area contributed by atoms with Crippen LogP contribution in [0.15, 0.2) is 24.5 Å². The Labute approximate surface area is 220 Å². The Bertz CT molecular complexity index is 949. The van der Waals surface area contributed by atoms with Crippen molar-refractivity contribution in [2.75, 3.05) is 4.90 Å². The molecule has 1 aromatic rings. The molecule has 2 amide bonds. The lowest BCUT2D eigenvalue weighted by Crippen LogP contribution is -2.64. The quantitative estimate of drug-likeness (QED) is 0.618. The van der Waals surface area contributed by atoms with Crippen molar-refractivity contribution < 1.29 is 9.59 Å². The molecule has 0 radical (unpaired) electrons. The molecular formula is C31H42N4O2. The van der Waals surface area contributed by atoms with Crippen LogP contribution in [-0.2, 0) is 9.59 Å². The standard InChI is InChI=1S/C31H42N4O2/c36-28(33-30-13-19-7-20(14-30)9-21(8-19)15-30)26-1-2-27(35(26)25-3-5-32-6-4-25)29(37)34-31-16-22-10-23(17-31)12-24(11-22)18-31/h3-6,19-24,26-27H,1-2,7-18H2,(H,33,36)(H,34,37)/t19?,20?,21?,22?,23?,24?,26-,27-,30?,31?/m0/s1. The van der Waals surface area contributed by atoms with Gasteiger partial charge in [0.2, 0.25) is 11.8 Å². The van der Waals surface area contributed by atoms with Crippen LogP contribution >= 0.6 is 0 Å². The number of aromatic nitrogens is 1. The fraction of sp³-hybridized carbons (Fsp3) is 0.774. The van der Waals surface area contributed by atoms with Crippen molar-refractivity contribution in [3.05, 3.63) is 24.5 Å². The molecule has 0 unspecified atom stereocenters. The first kappa shape index (κ1) is 22.8. The van der Waals surface area contributed by atoms with Gasteiger partial charge in [0.25, 0.3) is 0 Å². The maximum atomic E-state index is 14.0. The van der Waals surface area contributed by atoms with Crippen molar-refractivity contribution in [2.45, 2.75) is 113 Å². The Hall–Kier alpha value is -2.11. The van der Waals surface area contributed by atoms with Crippen LogP contribution in [0.2, 0.25) is 0 Å². The van der Waals surface area contributed by atoms with Gasteiger partial charge in [-0.15, -0.1) is 0 Å². The normalized spacial score (nSPS) is 46.9. The highest BCUT2D eigenvalue weighted by Crippen LogP contribution is 2.57. The van der Waals surface area contributed by atoms with E-state index >= 15 is 0 Å². The maximum absolute atomic E-state index is 14.0. The SMILES string of the molecule is O=C(NC12CC3CC(CC(C3)C1)C2)[C@@H]1CC[C@@H](C(=O)NC23CC4CC(CC(C4)C2)C3)N1c1ccncc1. The van der Waals surface area contributed by atoms with Gasteiger partial charge >= 0.3 is 0 Å². The minimum absolute atomic E-state index is 0.00467. The number of pyridine rings is 1. The molecule has 198 valence electrons. The van der Waals surface area contributed by atoms with E-state index in [0.717, 1.165) is 92.6 Å². The van der Waals surface area contributed by atoms with Gasteiger partial charge in [0, 0.05) is 29.2 Å². The van der Waals surface area contributed by atoms with Crippen LogP contribution in [-0.4, -0.2) is 40.0 Å². The number of carbonyl (C=O) groups excluding carboxylic acids is 2. The van der Waals surface area contributed by atoms with Crippen LogP contribution in [0.1, 0.15) is 89.9 Å². The molecule has 8 bridgehead atoms. The molecule has 9 fully saturated rings. The summed E-state index contributed by atoms with van der Waals surface area (Å²) in [6.07, 6.45) is 20.2. The van der Waals surface area contributed by atoms with Gasteiger partial charge in [-0.05, 0) is 138 Å². The fourth-order valence-electron chi connectivity index (χ4n) is 11.4. The molecule has 2 heterocycles. The summed E-state index contributed by atoms with van der Waals surface area (Å²) in [5.74, 6) is 5.06.